The van der Waals surface area contributed by atoms with Crippen molar-refractivity contribution in [1.29, 1.82) is 0 Å². The molecule has 0 spiro atoms. The zero-order valence-corrected chi connectivity index (χ0v) is 36.0. The smallest absolute Gasteiger partial charge is 0.184 e. The molecule has 9 atom stereocenters. The Morgan fingerprint density at radius 3 is 1.14 bits per heavy atom. The molecule has 334 valence electrons. The van der Waals surface area contributed by atoms with Gasteiger partial charge in [-0.3, -0.25) is 0 Å². The maximum atomic E-state index is 12.0. The summed E-state index contributed by atoms with van der Waals surface area (Å²) in [6, 6.07) is 59.9. The van der Waals surface area contributed by atoms with Crippen molar-refractivity contribution in [3.63, 3.8) is 0 Å². The first-order valence-electron chi connectivity index (χ1n) is 22.1. The quantitative estimate of drug-likeness (QED) is 0.0712. The number of benzene rings is 6. The molecular formula is C54H58O10. The summed E-state index contributed by atoms with van der Waals surface area (Å²) in [4.78, 5) is 0. The average molecular weight is 867 g/mol. The molecule has 2 aliphatic heterocycles. The summed E-state index contributed by atoms with van der Waals surface area (Å²) in [5, 5.41) is 12.0. The Balaban J connectivity index is 1.07. The van der Waals surface area contributed by atoms with E-state index in [0.29, 0.717) is 26.4 Å². The molecule has 0 bridgehead atoms. The molecule has 10 heteroatoms. The van der Waals surface area contributed by atoms with Crippen molar-refractivity contribution in [2.75, 3.05) is 13.2 Å². The van der Waals surface area contributed by atoms with Crippen LogP contribution in [0.4, 0.5) is 0 Å². The molecule has 2 fully saturated rings. The summed E-state index contributed by atoms with van der Waals surface area (Å²) < 4.78 is 59.7. The Morgan fingerprint density at radius 2 is 0.719 bits per heavy atom. The maximum Gasteiger partial charge on any atom is 0.184 e. The second-order valence-electron chi connectivity index (χ2n) is 16.1. The summed E-state index contributed by atoms with van der Waals surface area (Å²) in [6.07, 6.45) is -6.90. The maximum absolute atomic E-state index is 12.0. The highest BCUT2D eigenvalue weighted by Gasteiger charge is 2.51. The fourth-order valence-corrected chi connectivity index (χ4v) is 8.04. The molecule has 1 N–H and O–H groups in total. The van der Waals surface area contributed by atoms with Gasteiger partial charge in [-0.25, -0.2) is 0 Å². The van der Waals surface area contributed by atoms with Crippen molar-refractivity contribution >= 4 is 0 Å². The van der Waals surface area contributed by atoms with Gasteiger partial charge in [0.05, 0.1) is 59.0 Å². The normalized spacial score (nSPS) is 24.6. The average Bonchev–Trinajstić information content (AvgIpc) is 3.35. The van der Waals surface area contributed by atoms with Gasteiger partial charge in [-0.1, -0.05) is 182 Å². The van der Waals surface area contributed by atoms with Gasteiger partial charge in [0.1, 0.15) is 36.6 Å². The second kappa shape index (κ2) is 24.3. The van der Waals surface area contributed by atoms with Crippen LogP contribution < -0.4 is 0 Å². The molecule has 2 heterocycles. The van der Waals surface area contributed by atoms with E-state index in [4.69, 9.17) is 42.6 Å². The number of aliphatic hydroxyl groups is 1. The van der Waals surface area contributed by atoms with Gasteiger partial charge in [0.2, 0.25) is 0 Å². The Labute approximate surface area is 376 Å². The third-order valence-corrected chi connectivity index (χ3v) is 11.4. The predicted molar refractivity (Wildman–Crippen MR) is 241 cm³/mol. The van der Waals surface area contributed by atoms with Crippen LogP contribution in [0.1, 0.15) is 39.8 Å². The molecule has 0 aliphatic carbocycles. The van der Waals surface area contributed by atoms with Gasteiger partial charge in [0.25, 0.3) is 0 Å². The highest BCUT2D eigenvalue weighted by molar-refractivity contribution is 5.18. The lowest BCUT2D eigenvalue weighted by Gasteiger charge is -2.47. The van der Waals surface area contributed by atoms with E-state index in [1.807, 2.05) is 182 Å². The largest absolute Gasteiger partial charge is 0.374 e. The van der Waals surface area contributed by atoms with E-state index in [1.165, 1.54) is 0 Å². The third-order valence-electron chi connectivity index (χ3n) is 11.4. The zero-order valence-electron chi connectivity index (χ0n) is 36.0. The van der Waals surface area contributed by atoms with Gasteiger partial charge in [-0.2, -0.15) is 0 Å². The summed E-state index contributed by atoms with van der Waals surface area (Å²) in [5.74, 6) is 0. The van der Waals surface area contributed by atoms with Gasteiger partial charge in [-0.05, 0) is 33.4 Å². The minimum absolute atomic E-state index is 0.139. The Hall–Kier alpha value is -5.08. The number of ether oxygens (including phenoxy) is 9. The Kier molecular flexibility index (Phi) is 17.3. The van der Waals surface area contributed by atoms with E-state index >= 15 is 0 Å². The number of rotatable bonds is 22. The molecule has 6 aromatic carbocycles. The lowest BCUT2D eigenvalue weighted by molar-refractivity contribution is -0.357. The topological polar surface area (TPSA) is 103 Å². The van der Waals surface area contributed by atoms with E-state index in [0.717, 1.165) is 33.4 Å². The summed E-state index contributed by atoms with van der Waals surface area (Å²) >= 11 is 0. The molecule has 0 radical (unpaired) electrons. The van der Waals surface area contributed by atoms with E-state index in [9.17, 15) is 5.11 Å². The summed E-state index contributed by atoms with van der Waals surface area (Å²) in [7, 11) is 0. The van der Waals surface area contributed by atoms with Crippen LogP contribution >= 0.6 is 0 Å². The summed E-state index contributed by atoms with van der Waals surface area (Å²) in [6.45, 7) is 2.28. The first-order valence-corrected chi connectivity index (χ1v) is 22.1. The fraction of sp³-hybridized carbons (Fsp3) is 0.333. The van der Waals surface area contributed by atoms with Gasteiger partial charge < -0.3 is 47.7 Å². The minimum atomic E-state index is -1.42. The van der Waals surface area contributed by atoms with Crippen LogP contribution in [0, 0.1) is 0 Å². The molecule has 2 aliphatic rings. The predicted octanol–water partition coefficient (Wildman–Crippen LogP) is 8.98. The zero-order chi connectivity index (χ0) is 43.6. The number of hydrogen-bond acceptors (Lipinski definition) is 10. The van der Waals surface area contributed by atoms with Gasteiger partial charge in [0, 0.05) is 6.42 Å². The van der Waals surface area contributed by atoms with Gasteiger partial charge in [-0.15, -0.1) is 0 Å². The lowest BCUT2D eigenvalue weighted by Crippen LogP contribution is -2.63. The Bertz CT molecular complexity index is 2170. The number of aliphatic hydroxyl groups excluding tert-OH is 1. The molecule has 64 heavy (non-hydrogen) atoms. The van der Waals surface area contributed by atoms with E-state index in [2.05, 4.69) is 0 Å². The van der Waals surface area contributed by atoms with Crippen molar-refractivity contribution < 1.29 is 47.7 Å². The lowest BCUT2D eigenvalue weighted by atomic mass is 9.97. The molecule has 8 rings (SSSR count). The van der Waals surface area contributed by atoms with Crippen LogP contribution in [-0.2, 0) is 82.3 Å². The van der Waals surface area contributed by atoms with Crippen molar-refractivity contribution in [3.05, 3.63) is 215 Å². The van der Waals surface area contributed by atoms with Crippen LogP contribution in [0.2, 0.25) is 0 Å². The number of hydrogen-bond donors (Lipinski definition) is 1. The highest BCUT2D eigenvalue weighted by atomic mass is 16.7. The van der Waals surface area contributed by atoms with Crippen LogP contribution in [0.3, 0.4) is 0 Å². The van der Waals surface area contributed by atoms with Gasteiger partial charge in [0.15, 0.2) is 12.6 Å². The standard InChI is InChI=1S/C54H58O10/c55-54-53(52(61-37-45-29-17-6-18-30-45)51(60-36-44-27-15-5-16-28-44)48(63-54)39-57-33-41-21-9-2-10-22-41)64-49-31-46(58-34-42-23-11-3-12-24-42)50(59-35-43-25-13-4-14-26-43)47(62-49)38-56-32-40-19-7-1-8-20-40/h1-30,46-55H,31-39H2/t46-,47-,48-,49+,50+,51-,52+,53-,54+/m1/s1. The molecule has 6 aromatic rings. The second-order valence-corrected chi connectivity index (χ2v) is 16.1. The third kappa shape index (κ3) is 13.5. The minimum Gasteiger partial charge on any atom is -0.374 e. The molecule has 0 saturated carbocycles. The molecule has 10 nitrogen and oxygen atoms in total. The molecule has 0 amide bonds. The SMILES string of the molecule is O[C@H]1O[C@H](COCc2ccccc2)[C@@H](OCc2ccccc2)[C@H](OCc2ccccc2)[C@H]1O[C@H]1C[C@@H](OCc2ccccc2)[C@H](OCc2ccccc2)[C@@H](COCc2ccccc2)O1. The van der Waals surface area contributed by atoms with Gasteiger partial charge >= 0.3 is 0 Å². The molecule has 0 aromatic heterocycles. The van der Waals surface area contributed by atoms with Crippen molar-refractivity contribution in [2.45, 2.75) is 101 Å². The molecule has 2 saturated heterocycles. The Morgan fingerprint density at radius 1 is 0.375 bits per heavy atom. The molecule has 0 unspecified atom stereocenters. The fourth-order valence-electron chi connectivity index (χ4n) is 8.04. The monoisotopic (exact) mass is 866 g/mol. The van der Waals surface area contributed by atoms with E-state index < -0.39 is 55.3 Å². The van der Waals surface area contributed by atoms with Crippen molar-refractivity contribution in [2.24, 2.45) is 0 Å². The van der Waals surface area contributed by atoms with Crippen LogP contribution in [0.25, 0.3) is 0 Å². The van der Waals surface area contributed by atoms with Crippen molar-refractivity contribution in [1.82, 2.24) is 0 Å². The van der Waals surface area contributed by atoms with Crippen LogP contribution in [-0.4, -0.2) is 73.6 Å². The highest BCUT2D eigenvalue weighted by Crippen LogP contribution is 2.34. The van der Waals surface area contributed by atoms with Crippen LogP contribution in [0.15, 0.2) is 182 Å². The summed E-state index contributed by atoms with van der Waals surface area (Å²) in [5.41, 5.74) is 6.04. The van der Waals surface area contributed by atoms with Crippen LogP contribution in [0.5, 0.6) is 0 Å². The molecular weight excluding hydrogens is 809 g/mol. The van der Waals surface area contributed by atoms with E-state index in [1.54, 1.807) is 0 Å². The first kappa shape index (κ1) is 45.5. The van der Waals surface area contributed by atoms with Crippen molar-refractivity contribution in [3.8, 4) is 0 Å². The first-order chi connectivity index (χ1) is 31.6. The van der Waals surface area contributed by atoms with E-state index in [-0.39, 0.29) is 32.8 Å².